The zero-order valence-corrected chi connectivity index (χ0v) is 37.8. The van der Waals surface area contributed by atoms with Crippen LogP contribution < -0.4 is 0 Å². The van der Waals surface area contributed by atoms with Crippen LogP contribution in [0.25, 0.3) is 0 Å². The number of unbranched alkanes of at least 4 members (excludes halogenated alkanes) is 22. The predicted molar refractivity (Wildman–Crippen MR) is 247 cm³/mol. The Morgan fingerprint density at radius 2 is 0.793 bits per heavy atom. The number of carbonyl (C=O) groups is 3. The van der Waals surface area contributed by atoms with E-state index in [0.717, 1.165) is 83.5 Å². The lowest BCUT2D eigenvalue weighted by molar-refractivity contribution is -0.166. The highest BCUT2D eigenvalue weighted by Gasteiger charge is 2.19. The highest BCUT2D eigenvalue weighted by molar-refractivity contribution is 5.72. The van der Waals surface area contributed by atoms with Crippen molar-refractivity contribution in [1.29, 1.82) is 0 Å². The SMILES string of the molecule is CC/C=C\C/C=C\C/C=C\CC(=O)OCC(COC(=O)CCCCCCC\C=C/C=C\C=C/CCCCCCC)OC(=O)CCCCCCCCCCCCCCC. The van der Waals surface area contributed by atoms with E-state index >= 15 is 0 Å². The topological polar surface area (TPSA) is 78.9 Å². The maximum Gasteiger partial charge on any atom is 0.309 e. The van der Waals surface area contributed by atoms with E-state index in [0.29, 0.717) is 12.8 Å². The van der Waals surface area contributed by atoms with Gasteiger partial charge in [0.15, 0.2) is 6.10 Å². The quantitative estimate of drug-likeness (QED) is 0.0201. The molecule has 0 saturated carbocycles. The maximum atomic E-state index is 12.7. The predicted octanol–water partition coefficient (Wildman–Crippen LogP) is 15.5. The van der Waals surface area contributed by atoms with Crippen LogP contribution in [0.2, 0.25) is 0 Å². The molecule has 0 N–H and O–H groups in total. The van der Waals surface area contributed by atoms with Crippen LogP contribution in [0.4, 0.5) is 0 Å². The molecule has 0 aliphatic rings. The Bertz CT molecular complexity index is 1110. The number of esters is 3. The van der Waals surface area contributed by atoms with Crippen molar-refractivity contribution in [2.75, 3.05) is 13.2 Å². The average molecular weight is 809 g/mol. The van der Waals surface area contributed by atoms with E-state index in [4.69, 9.17) is 14.2 Å². The molecule has 0 aromatic carbocycles. The molecule has 6 heteroatoms. The Labute approximate surface area is 357 Å². The number of carbonyl (C=O) groups excluding carboxylic acids is 3. The third-order valence-corrected chi connectivity index (χ3v) is 10.0. The van der Waals surface area contributed by atoms with E-state index in [1.165, 1.54) is 96.3 Å². The van der Waals surface area contributed by atoms with Gasteiger partial charge < -0.3 is 14.2 Å². The molecule has 0 rings (SSSR count). The monoisotopic (exact) mass is 809 g/mol. The minimum absolute atomic E-state index is 0.112. The molecule has 0 aliphatic heterocycles. The molecule has 1 atom stereocenters. The minimum Gasteiger partial charge on any atom is -0.462 e. The smallest absolute Gasteiger partial charge is 0.309 e. The second kappa shape index (κ2) is 46.5. The van der Waals surface area contributed by atoms with Gasteiger partial charge in [0.25, 0.3) is 0 Å². The first-order valence-corrected chi connectivity index (χ1v) is 24.0. The summed E-state index contributed by atoms with van der Waals surface area (Å²) in [5.41, 5.74) is 0. The molecule has 0 aromatic rings. The Morgan fingerprint density at radius 1 is 0.397 bits per heavy atom. The summed E-state index contributed by atoms with van der Waals surface area (Å²) in [7, 11) is 0. The van der Waals surface area contributed by atoms with Gasteiger partial charge in [-0.3, -0.25) is 14.4 Å². The summed E-state index contributed by atoms with van der Waals surface area (Å²) in [4.78, 5) is 37.7. The fraction of sp³-hybridized carbons (Fsp3) is 0.712. The summed E-state index contributed by atoms with van der Waals surface area (Å²) < 4.78 is 16.6. The lowest BCUT2D eigenvalue weighted by atomic mass is 10.0. The number of rotatable bonds is 42. The largest absolute Gasteiger partial charge is 0.462 e. The van der Waals surface area contributed by atoms with Crippen LogP contribution in [-0.2, 0) is 28.6 Å². The highest BCUT2D eigenvalue weighted by atomic mass is 16.6. The summed E-state index contributed by atoms with van der Waals surface area (Å²) in [5, 5.41) is 0. The fourth-order valence-electron chi connectivity index (χ4n) is 6.44. The molecular weight excluding hydrogens is 721 g/mol. The Balaban J connectivity index is 4.42. The molecule has 1 unspecified atom stereocenters. The van der Waals surface area contributed by atoms with Crippen LogP contribution in [0.15, 0.2) is 72.9 Å². The normalized spacial score (nSPS) is 12.7. The highest BCUT2D eigenvalue weighted by Crippen LogP contribution is 2.14. The number of hydrogen-bond donors (Lipinski definition) is 0. The van der Waals surface area contributed by atoms with Crippen molar-refractivity contribution in [2.24, 2.45) is 0 Å². The second-order valence-corrected chi connectivity index (χ2v) is 15.7. The van der Waals surface area contributed by atoms with Gasteiger partial charge in [-0.1, -0.05) is 216 Å². The van der Waals surface area contributed by atoms with E-state index in [2.05, 4.69) is 81.5 Å². The molecule has 0 bridgehead atoms. The van der Waals surface area contributed by atoms with Crippen LogP contribution in [0, 0.1) is 0 Å². The maximum absolute atomic E-state index is 12.7. The second-order valence-electron chi connectivity index (χ2n) is 15.7. The van der Waals surface area contributed by atoms with E-state index in [9.17, 15) is 14.4 Å². The molecule has 0 saturated heterocycles. The van der Waals surface area contributed by atoms with Gasteiger partial charge in [0.2, 0.25) is 0 Å². The zero-order chi connectivity index (χ0) is 42.3. The van der Waals surface area contributed by atoms with Crippen LogP contribution in [0.3, 0.4) is 0 Å². The van der Waals surface area contributed by atoms with E-state index in [-0.39, 0.29) is 31.6 Å². The molecule has 0 aliphatic carbocycles. The van der Waals surface area contributed by atoms with Crippen molar-refractivity contribution in [2.45, 2.75) is 226 Å². The molecule has 0 amide bonds. The summed E-state index contributed by atoms with van der Waals surface area (Å²) in [6.45, 7) is 6.38. The molecule has 0 fully saturated rings. The summed E-state index contributed by atoms with van der Waals surface area (Å²) in [6.07, 6.45) is 57.7. The minimum atomic E-state index is -0.815. The van der Waals surface area contributed by atoms with Gasteiger partial charge in [0.1, 0.15) is 13.2 Å². The molecule has 58 heavy (non-hydrogen) atoms. The van der Waals surface area contributed by atoms with Gasteiger partial charge in [0, 0.05) is 12.8 Å². The van der Waals surface area contributed by atoms with Crippen LogP contribution >= 0.6 is 0 Å². The van der Waals surface area contributed by atoms with Crippen LogP contribution in [0.1, 0.15) is 220 Å². The van der Waals surface area contributed by atoms with E-state index < -0.39 is 12.1 Å². The molecule has 332 valence electrons. The van der Waals surface area contributed by atoms with Gasteiger partial charge in [-0.15, -0.1) is 0 Å². The lowest BCUT2D eigenvalue weighted by Gasteiger charge is -2.18. The van der Waals surface area contributed by atoms with Crippen LogP contribution in [0.5, 0.6) is 0 Å². The summed E-state index contributed by atoms with van der Waals surface area (Å²) in [5.74, 6) is -1.06. The molecule has 6 nitrogen and oxygen atoms in total. The molecule has 0 radical (unpaired) electrons. The first kappa shape index (κ1) is 54.9. The summed E-state index contributed by atoms with van der Waals surface area (Å²) in [6, 6.07) is 0. The van der Waals surface area contributed by atoms with Gasteiger partial charge in [0.05, 0.1) is 6.42 Å². The van der Waals surface area contributed by atoms with Gasteiger partial charge in [-0.25, -0.2) is 0 Å². The van der Waals surface area contributed by atoms with Crippen molar-refractivity contribution < 1.29 is 28.6 Å². The Kier molecular flexibility index (Phi) is 44.0. The zero-order valence-electron chi connectivity index (χ0n) is 37.8. The van der Waals surface area contributed by atoms with Crippen molar-refractivity contribution >= 4 is 17.9 Å². The Morgan fingerprint density at radius 3 is 1.28 bits per heavy atom. The average Bonchev–Trinajstić information content (AvgIpc) is 3.22. The molecule has 0 heterocycles. The standard InChI is InChI=1S/C52H88O6/c1-4-7-10-13-16-19-21-23-24-25-26-27-29-30-33-36-39-42-45-51(54)57-48-49(47-56-50(53)44-41-38-35-32-18-15-12-9-6-3)58-52(55)46-43-40-37-34-31-28-22-20-17-14-11-8-5-2/h9,12,18,21,23-27,32,38,41,49H,4-8,10-11,13-17,19-20,22,28-31,33-37,39-40,42-48H2,1-3H3/b12-9-,23-21-,25-24-,27-26-,32-18-,41-38-. The lowest BCUT2D eigenvalue weighted by Crippen LogP contribution is -2.30. The fourth-order valence-corrected chi connectivity index (χ4v) is 6.44. The van der Waals surface area contributed by atoms with Gasteiger partial charge >= 0.3 is 17.9 Å². The number of ether oxygens (including phenoxy) is 3. The number of allylic oxidation sites excluding steroid dienone is 11. The van der Waals surface area contributed by atoms with Gasteiger partial charge in [-0.05, 0) is 57.8 Å². The molecular formula is C52H88O6. The summed E-state index contributed by atoms with van der Waals surface area (Å²) >= 11 is 0. The van der Waals surface area contributed by atoms with E-state index in [1.54, 1.807) is 6.08 Å². The van der Waals surface area contributed by atoms with Gasteiger partial charge in [-0.2, -0.15) is 0 Å². The molecule has 0 aromatic heterocycles. The van der Waals surface area contributed by atoms with Crippen molar-refractivity contribution in [3.8, 4) is 0 Å². The first-order chi connectivity index (χ1) is 28.5. The third kappa shape index (κ3) is 44.0. The molecule has 0 spiro atoms. The van der Waals surface area contributed by atoms with E-state index in [1.807, 2.05) is 6.08 Å². The van der Waals surface area contributed by atoms with Crippen molar-refractivity contribution in [3.63, 3.8) is 0 Å². The van der Waals surface area contributed by atoms with Crippen molar-refractivity contribution in [3.05, 3.63) is 72.9 Å². The first-order valence-electron chi connectivity index (χ1n) is 24.0. The van der Waals surface area contributed by atoms with Crippen molar-refractivity contribution in [1.82, 2.24) is 0 Å². The Hall–Kier alpha value is -3.15. The number of hydrogen-bond acceptors (Lipinski definition) is 6. The van der Waals surface area contributed by atoms with Crippen LogP contribution in [-0.4, -0.2) is 37.2 Å². The third-order valence-electron chi connectivity index (χ3n) is 10.0.